The van der Waals surface area contributed by atoms with Gasteiger partial charge in [0.1, 0.15) is 0 Å². The molecule has 0 radical (unpaired) electrons. The first-order valence-electron chi connectivity index (χ1n) is 6.95. The fourth-order valence-corrected chi connectivity index (χ4v) is 2.01. The predicted molar refractivity (Wildman–Crippen MR) is 74.4 cm³/mol. The van der Waals surface area contributed by atoms with Gasteiger partial charge in [0.05, 0.1) is 6.04 Å². The molecule has 1 atom stereocenters. The van der Waals surface area contributed by atoms with Gasteiger partial charge >= 0.3 is 0 Å². The number of nitrogens with zero attached hydrogens (tertiary/aromatic N) is 2. The summed E-state index contributed by atoms with van der Waals surface area (Å²) in [5.41, 5.74) is 5.77. The van der Waals surface area contributed by atoms with Crippen molar-refractivity contribution < 1.29 is 4.79 Å². The summed E-state index contributed by atoms with van der Waals surface area (Å²) in [4.78, 5) is 16.4. The van der Waals surface area contributed by atoms with E-state index in [1.807, 2.05) is 13.8 Å². The maximum Gasteiger partial charge on any atom is 0.237 e. The number of likely N-dealkylation sites (N-methyl/N-ethyl adjacent to an activating group) is 1. The zero-order valence-corrected chi connectivity index (χ0v) is 12.0. The number of nitrogens with one attached hydrogen (secondary N) is 1. The van der Waals surface area contributed by atoms with Crippen molar-refractivity contribution in [2.24, 2.45) is 11.7 Å². The molecule has 1 amide bonds. The Morgan fingerprint density at radius 2 is 1.89 bits per heavy atom. The van der Waals surface area contributed by atoms with E-state index in [4.69, 9.17) is 5.73 Å². The lowest BCUT2D eigenvalue weighted by atomic mass is 10.1. The Morgan fingerprint density at radius 3 is 2.44 bits per heavy atom. The van der Waals surface area contributed by atoms with Crippen molar-refractivity contribution in [1.82, 2.24) is 15.1 Å². The quantitative estimate of drug-likeness (QED) is 0.642. The topological polar surface area (TPSA) is 61.6 Å². The van der Waals surface area contributed by atoms with Crippen molar-refractivity contribution in [2.45, 2.75) is 26.3 Å². The first-order chi connectivity index (χ1) is 8.50. The van der Waals surface area contributed by atoms with E-state index in [1.165, 1.54) is 0 Å². The van der Waals surface area contributed by atoms with Crippen molar-refractivity contribution in [3.8, 4) is 0 Å². The summed E-state index contributed by atoms with van der Waals surface area (Å²) >= 11 is 0. The minimum absolute atomic E-state index is 0.0247. The molecule has 0 aliphatic carbocycles. The highest BCUT2D eigenvalue weighted by Crippen LogP contribution is 2.00. The zero-order valence-electron chi connectivity index (χ0n) is 12.0. The van der Waals surface area contributed by atoms with Gasteiger partial charge in [0.2, 0.25) is 5.91 Å². The van der Waals surface area contributed by atoms with E-state index in [2.05, 4.69) is 22.2 Å². The van der Waals surface area contributed by atoms with E-state index in [1.54, 1.807) is 0 Å². The number of rotatable bonds is 6. The molecule has 1 aliphatic heterocycles. The molecule has 0 aromatic rings. The van der Waals surface area contributed by atoms with Crippen molar-refractivity contribution in [2.75, 3.05) is 46.3 Å². The van der Waals surface area contributed by atoms with Crippen molar-refractivity contribution >= 4 is 5.91 Å². The number of hydrogen-bond donors (Lipinski definition) is 2. The predicted octanol–water partition coefficient (Wildman–Crippen LogP) is -0.277. The molecule has 0 spiro atoms. The second-order valence-corrected chi connectivity index (χ2v) is 5.56. The number of hydrogen-bond acceptors (Lipinski definition) is 4. The van der Waals surface area contributed by atoms with Crippen LogP contribution in [0.4, 0.5) is 0 Å². The summed E-state index contributed by atoms with van der Waals surface area (Å²) < 4.78 is 0. The fraction of sp³-hybridized carbons (Fsp3) is 0.923. The maximum atomic E-state index is 11.6. The van der Waals surface area contributed by atoms with Crippen molar-refractivity contribution in [1.29, 1.82) is 0 Å². The Balaban J connectivity index is 2.06. The average molecular weight is 256 g/mol. The molecule has 1 aliphatic rings. The molecule has 18 heavy (non-hydrogen) atoms. The number of nitrogens with two attached hydrogens (primary N) is 1. The largest absolute Gasteiger partial charge is 0.355 e. The highest BCUT2D eigenvalue weighted by molar-refractivity contribution is 5.81. The van der Waals surface area contributed by atoms with Gasteiger partial charge in [0, 0.05) is 32.7 Å². The summed E-state index contributed by atoms with van der Waals surface area (Å²) in [5, 5.41) is 2.91. The summed E-state index contributed by atoms with van der Waals surface area (Å²) in [5.74, 6) is 0.172. The number of carbonyl (C=O) groups is 1. The van der Waals surface area contributed by atoms with Gasteiger partial charge in [0.15, 0.2) is 0 Å². The molecule has 1 unspecified atom stereocenters. The molecule has 0 bridgehead atoms. The van der Waals surface area contributed by atoms with Crippen LogP contribution in [0.25, 0.3) is 0 Å². The van der Waals surface area contributed by atoms with Gasteiger partial charge in [-0.25, -0.2) is 0 Å². The monoisotopic (exact) mass is 256 g/mol. The third-order valence-corrected chi connectivity index (χ3v) is 3.57. The second kappa shape index (κ2) is 7.71. The Labute approximate surface area is 111 Å². The maximum absolute atomic E-state index is 11.6. The van der Waals surface area contributed by atoms with Gasteiger partial charge in [-0.15, -0.1) is 0 Å². The van der Waals surface area contributed by atoms with E-state index in [0.717, 1.165) is 45.7 Å². The summed E-state index contributed by atoms with van der Waals surface area (Å²) in [6, 6.07) is -0.381. The molecule has 1 fully saturated rings. The minimum atomic E-state index is -0.381. The van der Waals surface area contributed by atoms with E-state index in [9.17, 15) is 4.79 Å². The zero-order chi connectivity index (χ0) is 13.5. The average Bonchev–Trinajstić information content (AvgIpc) is 2.35. The molecular weight excluding hydrogens is 228 g/mol. The van der Waals surface area contributed by atoms with Crippen molar-refractivity contribution in [3.63, 3.8) is 0 Å². The third kappa shape index (κ3) is 5.33. The molecule has 0 aromatic heterocycles. The fourth-order valence-electron chi connectivity index (χ4n) is 2.01. The summed E-state index contributed by atoms with van der Waals surface area (Å²) in [6.07, 6.45) is 1.00. The Kier molecular flexibility index (Phi) is 6.60. The van der Waals surface area contributed by atoms with Crippen LogP contribution in [0.1, 0.15) is 20.3 Å². The lowest BCUT2D eigenvalue weighted by Crippen LogP contribution is -2.46. The van der Waals surface area contributed by atoms with Crippen LogP contribution < -0.4 is 11.1 Å². The molecule has 1 rings (SSSR count). The summed E-state index contributed by atoms with van der Waals surface area (Å²) in [7, 11) is 2.16. The third-order valence-electron chi connectivity index (χ3n) is 3.57. The molecular formula is C13H28N4O. The first kappa shape index (κ1) is 15.4. The smallest absolute Gasteiger partial charge is 0.237 e. The van der Waals surface area contributed by atoms with Gasteiger partial charge in [0.25, 0.3) is 0 Å². The highest BCUT2D eigenvalue weighted by Gasteiger charge is 2.17. The van der Waals surface area contributed by atoms with Crippen LogP contribution in [0.2, 0.25) is 0 Å². The molecule has 5 heteroatoms. The Bertz CT molecular complexity index is 249. The lowest BCUT2D eigenvalue weighted by Gasteiger charge is -2.32. The second-order valence-electron chi connectivity index (χ2n) is 5.56. The van der Waals surface area contributed by atoms with Gasteiger partial charge in [-0.05, 0) is 25.9 Å². The molecule has 0 aromatic carbocycles. The van der Waals surface area contributed by atoms with E-state index < -0.39 is 0 Å². The molecule has 3 N–H and O–H groups in total. The Morgan fingerprint density at radius 1 is 1.28 bits per heavy atom. The van der Waals surface area contributed by atoms with Crippen LogP contribution >= 0.6 is 0 Å². The van der Waals surface area contributed by atoms with Crippen LogP contribution in [0, 0.1) is 5.92 Å². The molecule has 5 nitrogen and oxygen atoms in total. The van der Waals surface area contributed by atoms with Crippen LogP contribution in [-0.4, -0.2) is 68.1 Å². The number of piperazine rings is 1. The molecule has 106 valence electrons. The number of carbonyl (C=O) groups excluding carboxylic acids is 1. The van der Waals surface area contributed by atoms with Crippen molar-refractivity contribution in [3.05, 3.63) is 0 Å². The van der Waals surface area contributed by atoms with Gasteiger partial charge < -0.3 is 20.9 Å². The van der Waals surface area contributed by atoms with Crippen LogP contribution in [0.15, 0.2) is 0 Å². The Hall–Kier alpha value is -0.650. The normalized spacial score (nSPS) is 20.1. The van der Waals surface area contributed by atoms with Gasteiger partial charge in [-0.2, -0.15) is 0 Å². The SMILES string of the molecule is CC(C)C(N)C(=O)NCCCN1CCN(C)CC1. The highest BCUT2D eigenvalue weighted by atomic mass is 16.2. The molecule has 1 heterocycles. The van der Waals surface area contributed by atoms with Gasteiger partial charge in [-0.3, -0.25) is 4.79 Å². The standard InChI is InChI=1S/C13H28N4O/c1-11(2)12(14)13(18)15-5-4-6-17-9-7-16(3)8-10-17/h11-12H,4-10,14H2,1-3H3,(H,15,18). The first-order valence-corrected chi connectivity index (χ1v) is 6.95. The number of amides is 1. The lowest BCUT2D eigenvalue weighted by molar-refractivity contribution is -0.123. The van der Waals surface area contributed by atoms with E-state index in [0.29, 0.717) is 0 Å². The van der Waals surface area contributed by atoms with E-state index in [-0.39, 0.29) is 17.9 Å². The van der Waals surface area contributed by atoms with Crippen LogP contribution in [-0.2, 0) is 4.79 Å². The molecule has 1 saturated heterocycles. The van der Waals surface area contributed by atoms with Crippen LogP contribution in [0.5, 0.6) is 0 Å². The van der Waals surface area contributed by atoms with E-state index >= 15 is 0 Å². The van der Waals surface area contributed by atoms with Gasteiger partial charge in [-0.1, -0.05) is 13.8 Å². The molecule has 0 saturated carbocycles. The minimum Gasteiger partial charge on any atom is -0.355 e. The van der Waals surface area contributed by atoms with Crippen LogP contribution in [0.3, 0.4) is 0 Å². The summed E-state index contributed by atoms with van der Waals surface area (Å²) in [6.45, 7) is 10.3.